The first-order chi connectivity index (χ1) is 13.5. The van der Waals surface area contributed by atoms with Crippen LogP contribution >= 0.6 is 0 Å². The van der Waals surface area contributed by atoms with E-state index in [-0.39, 0.29) is 6.54 Å². The number of rotatable bonds is 6. The third-order valence-corrected chi connectivity index (χ3v) is 4.36. The van der Waals surface area contributed by atoms with Crippen LogP contribution in [0.4, 0.5) is 10.1 Å². The molecule has 6 nitrogen and oxygen atoms in total. The Morgan fingerprint density at radius 2 is 1.86 bits per heavy atom. The van der Waals surface area contributed by atoms with Gasteiger partial charge in [0.25, 0.3) is 5.56 Å². The lowest BCUT2D eigenvalue weighted by Gasteiger charge is -2.12. The second-order valence-corrected chi connectivity index (χ2v) is 6.34. The molecule has 0 aliphatic carbocycles. The molecule has 28 heavy (non-hydrogen) atoms. The average molecular weight is 381 g/mol. The van der Waals surface area contributed by atoms with Gasteiger partial charge in [0.05, 0.1) is 6.54 Å². The minimum atomic E-state index is -0.629. The lowest BCUT2D eigenvalue weighted by Crippen LogP contribution is -2.41. The zero-order valence-corrected chi connectivity index (χ0v) is 15.4. The lowest BCUT2D eigenvalue weighted by atomic mass is 10.1. The number of carbonyl (C=O) groups excluding carboxylic acids is 1. The van der Waals surface area contributed by atoms with E-state index in [2.05, 4.69) is 5.32 Å². The molecule has 3 aromatic rings. The number of nitrogens with zero attached hydrogens (tertiary/aromatic N) is 2. The Morgan fingerprint density at radius 1 is 1.07 bits per heavy atom. The molecule has 0 bridgehead atoms. The van der Waals surface area contributed by atoms with Gasteiger partial charge in [-0.05, 0) is 35.7 Å². The number of nitrogens with one attached hydrogen (secondary N) is 1. The predicted molar refractivity (Wildman–Crippen MR) is 105 cm³/mol. The molecule has 0 saturated heterocycles. The molecule has 0 saturated carbocycles. The van der Waals surface area contributed by atoms with Gasteiger partial charge < -0.3 is 5.32 Å². The number of aromatic nitrogens is 2. The van der Waals surface area contributed by atoms with Gasteiger partial charge in [0.1, 0.15) is 12.4 Å². The van der Waals surface area contributed by atoms with Crippen molar-refractivity contribution in [2.75, 3.05) is 5.32 Å². The van der Waals surface area contributed by atoms with E-state index in [9.17, 15) is 18.8 Å². The van der Waals surface area contributed by atoms with Gasteiger partial charge in [-0.2, -0.15) is 0 Å². The molecule has 0 spiro atoms. The van der Waals surface area contributed by atoms with Crippen LogP contribution in [0.5, 0.6) is 0 Å². The molecule has 1 heterocycles. The molecule has 1 aromatic heterocycles. The molecule has 0 aliphatic rings. The summed E-state index contributed by atoms with van der Waals surface area (Å²) in [7, 11) is 0. The maximum atomic E-state index is 13.4. The first-order valence-corrected chi connectivity index (χ1v) is 8.90. The van der Waals surface area contributed by atoms with Crippen LogP contribution in [0.2, 0.25) is 0 Å². The van der Waals surface area contributed by atoms with Crippen molar-refractivity contribution in [2.24, 2.45) is 0 Å². The fourth-order valence-electron chi connectivity index (χ4n) is 2.94. The average Bonchev–Trinajstić information content (AvgIpc) is 2.68. The summed E-state index contributed by atoms with van der Waals surface area (Å²) in [6, 6.07) is 14.4. The zero-order chi connectivity index (χ0) is 20.1. The number of amides is 1. The number of carbonyl (C=O) groups is 1. The second kappa shape index (κ2) is 8.47. The Morgan fingerprint density at radius 3 is 2.61 bits per heavy atom. The first-order valence-electron chi connectivity index (χ1n) is 8.90. The normalized spacial score (nSPS) is 10.6. The molecule has 2 aromatic carbocycles. The molecular formula is C21H20FN3O3. The van der Waals surface area contributed by atoms with Gasteiger partial charge in [-0.3, -0.25) is 18.7 Å². The molecule has 7 heteroatoms. The van der Waals surface area contributed by atoms with Gasteiger partial charge in [0, 0.05) is 18.0 Å². The number of halogens is 1. The van der Waals surface area contributed by atoms with Crippen molar-refractivity contribution in [3.63, 3.8) is 0 Å². The Kier molecular flexibility index (Phi) is 5.84. The van der Waals surface area contributed by atoms with Crippen LogP contribution in [0.1, 0.15) is 18.1 Å². The van der Waals surface area contributed by atoms with Crippen LogP contribution in [0, 0.1) is 5.82 Å². The topological polar surface area (TPSA) is 73.1 Å². The van der Waals surface area contributed by atoms with E-state index in [1.54, 1.807) is 24.3 Å². The van der Waals surface area contributed by atoms with E-state index in [4.69, 9.17) is 0 Å². The summed E-state index contributed by atoms with van der Waals surface area (Å²) in [5, 5.41) is 2.74. The molecule has 1 N–H and O–H groups in total. The van der Waals surface area contributed by atoms with Crippen LogP contribution in [0.3, 0.4) is 0 Å². The van der Waals surface area contributed by atoms with Crippen molar-refractivity contribution < 1.29 is 9.18 Å². The summed E-state index contributed by atoms with van der Waals surface area (Å²) in [5.74, 6) is -0.878. The van der Waals surface area contributed by atoms with Crippen molar-refractivity contribution >= 4 is 11.6 Å². The predicted octanol–water partition coefficient (Wildman–Crippen LogP) is 2.40. The Balaban J connectivity index is 1.83. The number of para-hydroxylation sites is 1. The van der Waals surface area contributed by atoms with Crippen molar-refractivity contribution in [3.05, 3.63) is 98.6 Å². The SMILES string of the molecule is CCc1ccccc1NC(=O)Cn1c(=O)ccn(Cc2cccc(F)c2)c1=O. The van der Waals surface area contributed by atoms with Crippen LogP contribution in [-0.2, 0) is 24.3 Å². The summed E-state index contributed by atoms with van der Waals surface area (Å²) < 4.78 is 15.5. The summed E-state index contributed by atoms with van der Waals surface area (Å²) in [4.78, 5) is 37.2. The van der Waals surface area contributed by atoms with Gasteiger partial charge in [-0.1, -0.05) is 37.3 Å². The number of hydrogen-bond acceptors (Lipinski definition) is 3. The largest absolute Gasteiger partial charge is 0.331 e. The molecular weight excluding hydrogens is 361 g/mol. The molecule has 0 radical (unpaired) electrons. The highest BCUT2D eigenvalue weighted by molar-refractivity contribution is 5.91. The molecule has 1 amide bonds. The molecule has 0 unspecified atom stereocenters. The van der Waals surface area contributed by atoms with E-state index in [1.807, 2.05) is 19.1 Å². The smallest absolute Gasteiger partial charge is 0.324 e. The summed E-state index contributed by atoms with van der Waals surface area (Å²) in [5.41, 5.74) is 0.988. The van der Waals surface area contributed by atoms with E-state index >= 15 is 0 Å². The molecule has 0 fully saturated rings. The quantitative estimate of drug-likeness (QED) is 0.713. The summed E-state index contributed by atoms with van der Waals surface area (Å²) >= 11 is 0. The zero-order valence-electron chi connectivity index (χ0n) is 15.4. The maximum Gasteiger partial charge on any atom is 0.331 e. The van der Waals surface area contributed by atoms with Crippen LogP contribution in [0.25, 0.3) is 0 Å². The van der Waals surface area contributed by atoms with Crippen LogP contribution in [-0.4, -0.2) is 15.0 Å². The standard InChI is InChI=1S/C21H20FN3O3/c1-2-16-7-3-4-9-18(16)23-19(26)14-25-20(27)10-11-24(21(25)28)13-15-6-5-8-17(22)12-15/h3-12H,2,13-14H2,1H3,(H,23,26). The van der Waals surface area contributed by atoms with Crippen molar-refractivity contribution in [1.29, 1.82) is 0 Å². The molecule has 144 valence electrons. The first kappa shape index (κ1) is 19.3. The van der Waals surface area contributed by atoms with E-state index in [0.717, 1.165) is 16.6 Å². The molecule has 0 atom stereocenters. The van der Waals surface area contributed by atoms with Gasteiger partial charge in [0.15, 0.2) is 0 Å². The second-order valence-electron chi connectivity index (χ2n) is 6.34. The highest BCUT2D eigenvalue weighted by atomic mass is 19.1. The minimum Gasteiger partial charge on any atom is -0.324 e. The fraction of sp³-hybridized carbons (Fsp3) is 0.190. The van der Waals surface area contributed by atoms with Crippen LogP contribution in [0.15, 0.2) is 70.4 Å². The van der Waals surface area contributed by atoms with Crippen molar-refractivity contribution in [1.82, 2.24) is 9.13 Å². The summed E-state index contributed by atoms with van der Waals surface area (Å²) in [6.45, 7) is 1.66. The molecule has 3 rings (SSSR count). The lowest BCUT2D eigenvalue weighted by molar-refractivity contribution is -0.116. The molecule has 0 aliphatic heterocycles. The maximum absolute atomic E-state index is 13.4. The Bertz CT molecular complexity index is 1120. The number of benzene rings is 2. The van der Waals surface area contributed by atoms with Gasteiger partial charge >= 0.3 is 5.69 Å². The van der Waals surface area contributed by atoms with Crippen LogP contribution < -0.4 is 16.6 Å². The summed E-state index contributed by atoms with van der Waals surface area (Å²) in [6.07, 6.45) is 2.08. The van der Waals surface area contributed by atoms with E-state index in [0.29, 0.717) is 11.3 Å². The highest BCUT2D eigenvalue weighted by Gasteiger charge is 2.12. The Hall–Kier alpha value is -3.48. The minimum absolute atomic E-state index is 0.0944. The van der Waals surface area contributed by atoms with Gasteiger partial charge in [0.2, 0.25) is 5.91 Å². The van der Waals surface area contributed by atoms with E-state index < -0.39 is 29.5 Å². The van der Waals surface area contributed by atoms with E-state index in [1.165, 1.54) is 29.0 Å². The number of aryl methyl sites for hydroxylation is 1. The third kappa shape index (κ3) is 4.43. The number of hydrogen-bond donors (Lipinski definition) is 1. The monoisotopic (exact) mass is 381 g/mol. The third-order valence-electron chi connectivity index (χ3n) is 4.36. The van der Waals surface area contributed by atoms with Gasteiger partial charge in [-0.25, -0.2) is 9.18 Å². The number of anilines is 1. The highest BCUT2D eigenvalue weighted by Crippen LogP contribution is 2.15. The fourth-order valence-corrected chi connectivity index (χ4v) is 2.94. The van der Waals surface area contributed by atoms with Gasteiger partial charge in [-0.15, -0.1) is 0 Å². The van der Waals surface area contributed by atoms with Crippen molar-refractivity contribution in [3.8, 4) is 0 Å². The Labute approximate surface area is 160 Å². The van der Waals surface area contributed by atoms with Crippen molar-refractivity contribution in [2.45, 2.75) is 26.4 Å².